The Hall–Kier alpha value is -2.06. The summed E-state index contributed by atoms with van der Waals surface area (Å²) in [5.41, 5.74) is 2.17. The summed E-state index contributed by atoms with van der Waals surface area (Å²) in [7, 11) is 0. The molecule has 0 saturated carbocycles. The van der Waals surface area contributed by atoms with Gasteiger partial charge in [-0.3, -0.25) is 0 Å². The average molecular weight is 315 g/mol. The quantitative estimate of drug-likeness (QED) is 0.439. The summed E-state index contributed by atoms with van der Waals surface area (Å²) in [5.74, 6) is 0.136. The minimum Gasteiger partial charge on any atom is -0.423 e. The number of ether oxygens (including phenoxy) is 1. The highest BCUT2D eigenvalue weighted by atomic mass is 35.5. The van der Waals surface area contributed by atoms with Crippen LogP contribution in [0.3, 0.4) is 0 Å². The van der Waals surface area contributed by atoms with Gasteiger partial charge in [-0.2, -0.15) is 0 Å². The molecule has 0 unspecified atom stereocenters. The van der Waals surface area contributed by atoms with Crippen molar-refractivity contribution in [2.45, 2.75) is 26.2 Å². The molecule has 0 heterocycles. The first-order valence-corrected chi connectivity index (χ1v) is 7.48. The van der Waals surface area contributed by atoms with E-state index in [0.29, 0.717) is 10.8 Å². The van der Waals surface area contributed by atoms with Crippen molar-refractivity contribution < 1.29 is 9.53 Å². The minimum atomic E-state index is -0.404. The Morgan fingerprint density at radius 1 is 1.00 bits per heavy atom. The molecule has 2 nitrogen and oxygen atoms in total. The van der Waals surface area contributed by atoms with E-state index in [2.05, 4.69) is 20.8 Å². The molecule has 2 rings (SSSR count). The molecule has 0 radical (unpaired) electrons. The lowest BCUT2D eigenvalue weighted by molar-refractivity contribution is -0.128. The summed E-state index contributed by atoms with van der Waals surface area (Å²) >= 11 is 5.81. The van der Waals surface area contributed by atoms with Gasteiger partial charge in [-0.25, -0.2) is 4.79 Å². The fraction of sp³-hybridized carbons (Fsp3) is 0.211. The highest BCUT2D eigenvalue weighted by molar-refractivity contribution is 6.30. The third kappa shape index (κ3) is 4.74. The Bertz CT molecular complexity index is 662. The lowest BCUT2D eigenvalue weighted by Gasteiger charge is -2.18. The standard InChI is InChI=1S/C19H19ClO2/c1-19(2,3)15-7-11-17(12-8-15)22-18(21)13-6-14-4-9-16(20)10-5-14/h4-13H,1-3H3/b13-6+. The third-order valence-corrected chi connectivity index (χ3v) is 3.47. The Morgan fingerprint density at radius 2 is 1.59 bits per heavy atom. The summed E-state index contributed by atoms with van der Waals surface area (Å²) in [6.45, 7) is 6.43. The van der Waals surface area contributed by atoms with Crippen LogP contribution in [0.4, 0.5) is 0 Å². The van der Waals surface area contributed by atoms with E-state index in [1.165, 1.54) is 11.6 Å². The van der Waals surface area contributed by atoms with E-state index in [1.54, 1.807) is 18.2 Å². The molecule has 0 spiro atoms. The fourth-order valence-corrected chi connectivity index (χ4v) is 2.04. The zero-order chi connectivity index (χ0) is 16.2. The summed E-state index contributed by atoms with van der Waals surface area (Å²) in [6, 6.07) is 14.8. The van der Waals surface area contributed by atoms with E-state index in [-0.39, 0.29) is 5.41 Å². The molecule has 0 aliphatic carbocycles. The van der Waals surface area contributed by atoms with Crippen molar-refractivity contribution in [1.82, 2.24) is 0 Å². The molecule has 2 aromatic rings. The molecule has 0 atom stereocenters. The molecular formula is C19H19ClO2. The van der Waals surface area contributed by atoms with Crippen molar-refractivity contribution in [2.75, 3.05) is 0 Å². The van der Waals surface area contributed by atoms with Gasteiger partial charge in [0.25, 0.3) is 0 Å². The fourth-order valence-electron chi connectivity index (χ4n) is 1.91. The molecule has 0 amide bonds. The van der Waals surface area contributed by atoms with Gasteiger partial charge in [-0.1, -0.05) is 56.6 Å². The number of hydrogen-bond donors (Lipinski definition) is 0. The summed E-state index contributed by atoms with van der Waals surface area (Å²) in [5, 5.41) is 0.665. The van der Waals surface area contributed by atoms with Crippen LogP contribution < -0.4 is 4.74 Å². The first kappa shape index (κ1) is 16.3. The minimum absolute atomic E-state index is 0.0804. The van der Waals surface area contributed by atoms with E-state index in [0.717, 1.165) is 5.56 Å². The van der Waals surface area contributed by atoms with Crippen LogP contribution in [-0.2, 0) is 10.2 Å². The van der Waals surface area contributed by atoms with E-state index in [4.69, 9.17) is 16.3 Å². The molecule has 114 valence electrons. The smallest absolute Gasteiger partial charge is 0.336 e. The normalized spacial score (nSPS) is 11.6. The van der Waals surface area contributed by atoms with Crippen molar-refractivity contribution in [3.8, 4) is 5.75 Å². The van der Waals surface area contributed by atoms with Crippen LogP contribution in [-0.4, -0.2) is 5.97 Å². The summed E-state index contributed by atoms with van der Waals surface area (Å²) < 4.78 is 5.28. The molecule has 0 aliphatic heterocycles. The first-order chi connectivity index (χ1) is 10.3. The molecule has 0 N–H and O–H groups in total. The van der Waals surface area contributed by atoms with Crippen LogP contribution in [0.25, 0.3) is 6.08 Å². The van der Waals surface area contributed by atoms with Gasteiger partial charge in [0.05, 0.1) is 0 Å². The highest BCUT2D eigenvalue weighted by Crippen LogP contribution is 2.24. The van der Waals surface area contributed by atoms with Gasteiger partial charge in [-0.15, -0.1) is 0 Å². The predicted molar refractivity (Wildman–Crippen MR) is 91.3 cm³/mol. The Labute approximate surface area is 136 Å². The molecule has 0 bridgehead atoms. The maximum Gasteiger partial charge on any atom is 0.336 e. The second-order valence-electron chi connectivity index (χ2n) is 6.08. The Balaban J connectivity index is 1.98. The van der Waals surface area contributed by atoms with Crippen LogP contribution >= 0.6 is 11.6 Å². The number of carbonyl (C=O) groups is 1. The Kier molecular flexibility index (Phi) is 5.04. The van der Waals surface area contributed by atoms with Crippen molar-refractivity contribution in [2.24, 2.45) is 0 Å². The highest BCUT2D eigenvalue weighted by Gasteiger charge is 2.13. The molecule has 0 aromatic heterocycles. The van der Waals surface area contributed by atoms with Crippen LogP contribution in [0.1, 0.15) is 31.9 Å². The summed E-state index contributed by atoms with van der Waals surface area (Å²) in [4.78, 5) is 11.8. The van der Waals surface area contributed by atoms with Crippen LogP contribution in [0.2, 0.25) is 5.02 Å². The first-order valence-electron chi connectivity index (χ1n) is 7.10. The number of carbonyl (C=O) groups excluding carboxylic acids is 1. The lowest BCUT2D eigenvalue weighted by atomic mass is 9.87. The van der Waals surface area contributed by atoms with Crippen molar-refractivity contribution in [3.63, 3.8) is 0 Å². The largest absolute Gasteiger partial charge is 0.423 e. The maximum absolute atomic E-state index is 11.8. The predicted octanol–water partition coefficient (Wildman–Crippen LogP) is 5.26. The number of halogens is 1. The average Bonchev–Trinajstić information content (AvgIpc) is 2.46. The van der Waals surface area contributed by atoms with Crippen LogP contribution in [0.5, 0.6) is 5.75 Å². The number of benzene rings is 2. The van der Waals surface area contributed by atoms with E-state index in [9.17, 15) is 4.79 Å². The molecule has 0 fully saturated rings. The summed E-state index contributed by atoms with van der Waals surface area (Å²) in [6.07, 6.45) is 3.10. The lowest BCUT2D eigenvalue weighted by Crippen LogP contribution is -2.11. The van der Waals surface area contributed by atoms with E-state index < -0.39 is 5.97 Å². The zero-order valence-electron chi connectivity index (χ0n) is 13.0. The van der Waals surface area contributed by atoms with Gasteiger partial charge in [0.1, 0.15) is 5.75 Å². The van der Waals surface area contributed by atoms with Crippen molar-refractivity contribution >= 4 is 23.6 Å². The topological polar surface area (TPSA) is 26.3 Å². The van der Waals surface area contributed by atoms with Crippen molar-refractivity contribution in [1.29, 1.82) is 0 Å². The number of esters is 1. The Morgan fingerprint density at radius 3 is 2.14 bits per heavy atom. The van der Waals surface area contributed by atoms with E-state index >= 15 is 0 Å². The monoisotopic (exact) mass is 314 g/mol. The van der Waals surface area contributed by atoms with Crippen LogP contribution in [0.15, 0.2) is 54.6 Å². The number of rotatable bonds is 3. The third-order valence-electron chi connectivity index (χ3n) is 3.22. The molecular weight excluding hydrogens is 296 g/mol. The van der Waals surface area contributed by atoms with Gasteiger partial charge in [0.2, 0.25) is 0 Å². The molecule has 22 heavy (non-hydrogen) atoms. The van der Waals surface area contributed by atoms with Gasteiger partial charge in [0, 0.05) is 11.1 Å². The number of hydrogen-bond acceptors (Lipinski definition) is 2. The van der Waals surface area contributed by atoms with Gasteiger partial charge >= 0.3 is 5.97 Å². The molecule has 2 aromatic carbocycles. The zero-order valence-corrected chi connectivity index (χ0v) is 13.7. The van der Waals surface area contributed by atoms with Crippen molar-refractivity contribution in [3.05, 3.63) is 70.8 Å². The SMILES string of the molecule is CC(C)(C)c1ccc(OC(=O)/C=C/c2ccc(Cl)cc2)cc1. The van der Waals surface area contributed by atoms with Crippen LogP contribution in [0, 0.1) is 0 Å². The van der Waals surface area contributed by atoms with Gasteiger partial charge < -0.3 is 4.74 Å². The second kappa shape index (κ2) is 6.80. The molecule has 0 saturated heterocycles. The van der Waals surface area contributed by atoms with E-state index in [1.807, 2.05) is 36.4 Å². The molecule has 0 aliphatic rings. The second-order valence-corrected chi connectivity index (χ2v) is 6.52. The maximum atomic E-state index is 11.8. The molecule has 3 heteroatoms. The van der Waals surface area contributed by atoms with Gasteiger partial charge in [0.15, 0.2) is 0 Å². The van der Waals surface area contributed by atoms with Gasteiger partial charge in [-0.05, 0) is 46.9 Å².